The second-order valence-corrected chi connectivity index (χ2v) is 4.79. The van der Waals surface area contributed by atoms with Gasteiger partial charge in [0.15, 0.2) is 0 Å². The number of rotatable bonds is 1. The smallest absolute Gasteiger partial charge is 0.0287 e. The van der Waals surface area contributed by atoms with Crippen LogP contribution in [0.15, 0.2) is 36.4 Å². The third kappa shape index (κ3) is 2.23. The lowest BCUT2D eigenvalue weighted by molar-refractivity contribution is 1.38. The fraction of sp³-hybridized carbons (Fsp3) is 0.143. The van der Waals surface area contributed by atoms with Crippen molar-refractivity contribution >= 4 is 22.6 Å². The first-order valence-electron chi connectivity index (χ1n) is 4.92. The fourth-order valence-corrected chi connectivity index (χ4v) is 2.39. The zero-order chi connectivity index (χ0) is 10.8. The molecule has 0 aliphatic carbocycles. The molecule has 0 aliphatic heterocycles. The van der Waals surface area contributed by atoms with Crippen molar-refractivity contribution in [1.82, 2.24) is 0 Å². The molecule has 2 aromatic rings. The molecule has 0 saturated carbocycles. The summed E-state index contributed by atoms with van der Waals surface area (Å²) in [7, 11) is 0. The second-order valence-electron chi connectivity index (χ2n) is 3.72. The molecule has 0 aromatic heterocycles. The van der Waals surface area contributed by atoms with Gasteiger partial charge in [0.2, 0.25) is 0 Å². The summed E-state index contributed by atoms with van der Waals surface area (Å²) >= 11 is 2.33. The quantitative estimate of drug-likeness (QED) is 0.686. The van der Waals surface area contributed by atoms with Gasteiger partial charge in [-0.05, 0) is 59.2 Å². The van der Waals surface area contributed by atoms with Gasteiger partial charge >= 0.3 is 0 Å². The molecule has 0 amide bonds. The first kappa shape index (κ1) is 10.7. The van der Waals surface area contributed by atoms with Crippen LogP contribution in [0.4, 0.5) is 0 Å². The molecule has 0 N–H and O–H groups in total. The Bertz CT molecular complexity index is 486. The Kier molecular flexibility index (Phi) is 3.10. The van der Waals surface area contributed by atoms with Gasteiger partial charge in [-0.1, -0.05) is 42.0 Å². The van der Waals surface area contributed by atoms with Gasteiger partial charge in [0.25, 0.3) is 0 Å². The van der Waals surface area contributed by atoms with Gasteiger partial charge < -0.3 is 0 Å². The average molecular weight is 307 g/mol. The van der Waals surface area contributed by atoms with E-state index in [-0.39, 0.29) is 0 Å². The summed E-state index contributed by atoms with van der Waals surface area (Å²) in [6.45, 7) is 4.28. The molecule has 0 fully saturated rings. The van der Waals surface area contributed by atoms with Crippen molar-refractivity contribution in [3.05, 3.63) is 57.2 Å². The molecule has 0 saturated heterocycles. The van der Waals surface area contributed by atoms with E-state index in [1.807, 2.05) is 12.1 Å². The van der Waals surface area contributed by atoms with Crippen LogP contribution < -0.4 is 0 Å². The van der Waals surface area contributed by atoms with Crippen LogP contribution in [0.5, 0.6) is 0 Å². The molecule has 1 radical (unpaired) electrons. The SMILES string of the molecule is Cc1ccc(-c2ccc[c]c2I)c(C)c1. The first-order valence-corrected chi connectivity index (χ1v) is 6.00. The lowest BCUT2D eigenvalue weighted by Gasteiger charge is -2.08. The molecule has 0 bridgehead atoms. The van der Waals surface area contributed by atoms with Crippen molar-refractivity contribution in [3.8, 4) is 11.1 Å². The topological polar surface area (TPSA) is 0 Å². The van der Waals surface area contributed by atoms with Gasteiger partial charge in [-0.2, -0.15) is 0 Å². The van der Waals surface area contributed by atoms with Crippen molar-refractivity contribution in [2.75, 3.05) is 0 Å². The highest BCUT2D eigenvalue weighted by Gasteiger charge is 2.04. The first-order chi connectivity index (χ1) is 7.18. The van der Waals surface area contributed by atoms with Gasteiger partial charge in [-0.25, -0.2) is 0 Å². The van der Waals surface area contributed by atoms with E-state index in [0.29, 0.717) is 0 Å². The fourth-order valence-electron chi connectivity index (χ4n) is 1.74. The van der Waals surface area contributed by atoms with Gasteiger partial charge in [0.1, 0.15) is 0 Å². The average Bonchev–Trinajstić information content (AvgIpc) is 2.20. The van der Waals surface area contributed by atoms with E-state index in [1.54, 1.807) is 0 Å². The highest BCUT2D eigenvalue weighted by molar-refractivity contribution is 14.1. The zero-order valence-electron chi connectivity index (χ0n) is 8.84. The van der Waals surface area contributed by atoms with Gasteiger partial charge in [-0.15, -0.1) is 0 Å². The third-order valence-electron chi connectivity index (χ3n) is 2.48. The highest BCUT2D eigenvalue weighted by atomic mass is 127. The Morgan fingerprint density at radius 3 is 2.53 bits per heavy atom. The minimum atomic E-state index is 1.18. The maximum Gasteiger partial charge on any atom is 0.0287 e. The molecule has 0 aliphatic rings. The van der Waals surface area contributed by atoms with Gasteiger partial charge in [0, 0.05) is 3.57 Å². The summed E-state index contributed by atoms with van der Waals surface area (Å²) in [5.41, 5.74) is 5.22. The van der Waals surface area contributed by atoms with E-state index in [2.05, 4.69) is 66.8 Å². The van der Waals surface area contributed by atoms with Crippen molar-refractivity contribution in [2.45, 2.75) is 13.8 Å². The minimum absolute atomic E-state index is 1.18. The number of benzene rings is 2. The van der Waals surface area contributed by atoms with Crippen LogP contribution in [-0.4, -0.2) is 0 Å². The number of halogens is 1. The molecule has 0 unspecified atom stereocenters. The van der Waals surface area contributed by atoms with E-state index < -0.39 is 0 Å². The number of hydrogen-bond acceptors (Lipinski definition) is 0. The summed E-state index contributed by atoms with van der Waals surface area (Å²) in [5, 5.41) is 0. The normalized spacial score (nSPS) is 10.3. The molecular weight excluding hydrogens is 295 g/mol. The van der Waals surface area contributed by atoms with Crippen LogP contribution in [0.3, 0.4) is 0 Å². The van der Waals surface area contributed by atoms with E-state index in [4.69, 9.17) is 0 Å². The molecule has 0 nitrogen and oxygen atoms in total. The van der Waals surface area contributed by atoms with Crippen LogP contribution in [0, 0.1) is 23.5 Å². The van der Waals surface area contributed by atoms with Crippen LogP contribution in [0.2, 0.25) is 0 Å². The molecule has 1 heteroatoms. The van der Waals surface area contributed by atoms with E-state index in [9.17, 15) is 0 Å². The third-order valence-corrected chi connectivity index (χ3v) is 3.37. The molecule has 0 atom stereocenters. The molecule has 15 heavy (non-hydrogen) atoms. The van der Waals surface area contributed by atoms with E-state index >= 15 is 0 Å². The Labute approximate surface area is 104 Å². The summed E-state index contributed by atoms with van der Waals surface area (Å²) in [6.07, 6.45) is 0. The highest BCUT2D eigenvalue weighted by Crippen LogP contribution is 2.27. The molecule has 2 aromatic carbocycles. The van der Waals surface area contributed by atoms with Crippen LogP contribution in [0.25, 0.3) is 11.1 Å². The summed E-state index contributed by atoms with van der Waals surface area (Å²) in [5.74, 6) is 0. The van der Waals surface area contributed by atoms with Crippen molar-refractivity contribution < 1.29 is 0 Å². The number of hydrogen-bond donors (Lipinski definition) is 0. The molecule has 0 heterocycles. The van der Waals surface area contributed by atoms with Crippen molar-refractivity contribution in [2.24, 2.45) is 0 Å². The lowest BCUT2D eigenvalue weighted by atomic mass is 9.99. The zero-order valence-corrected chi connectivity index (χ0v) is 11.0. The summed E-state index contributed by atoms with van der Waals surface area (Å²) in [6, 6.07) is 15.9. The molecule has 75 valence electrons. The Morgan fingerprint density at radius 1 is 1.07 bits per heavy atom. The van der Waals surface area contributed by atoms with Crippen LogP contribution >= 0.6 is 22.6 Å². The minimum Gasteiger partial charge on any atom is -0.0610 e. The summed E-state index contributed by atoms with van der Waals surface area (Å²) in [4.78, 5) is 0. The predicted octanol–water partition coefficient (Wildman–Crippen LogP) is 4.38. The number of aryl methyl sites for hydroxylation is 2. The van der Waals surface area contributed by atoms with Crippen molar-refractivity contribution in [1.29, 1.82) is 0 Å². The standard InChI is InChI=1S/C14H12I/c1-10-7-8-12(11(2)9-10)13-5-3-4-6-14(13)15/h3-5,7-9H,1-2H3. The van der Waals surface area contributed by atoms with Gasteiger partial charge in [-0.3, -0.25) is 0 Å². The predicted molar refractivity (Wildman–Crippen MR) is 72.9 cm³/mol. The Morgan fingerprint density at radius 2 is 1.87 bits per heavy atom. The van der Waals surface area contributed by atoms with Crippen molar-refractivity contribution in [3.63, 3.8) is 0 Å². The Hall–Kier alpha value is -0.830. The lowest BCUT2D eigenvalue weighted by Crippen LogP contribution is -1.87. The Balaban J connectivity index is 2.60. The molecule has 2 rings (SSSR count). The van der Waals surface area contributed by atoms with Crippen LogP contribution in [-0.2, 0) is 0 Å². The maximum absolute atomic E-state index is 3.23. The van der Waals surface area contributed by atoms with E-state index in [0.717, 1.165) is 0 Å². The van der Waals surface area contributed by atoms with Gasteiger partial charge in [0.05, 0.1) is 0 Å². The largest absolute Gasteiger partial charge is 0.0610 e. The maximum atomic E-state index is 3.23. The second kappa shape index (κ2) is 4.35. The van der Waals surface area contributed by atoms with Crippen LogP contribution in [0.1, 0.15) is 11.1 Å². The van der Waals surface area contributed by atoms with E-state index in [1.165, 1.54) is 25.8 Å². The molecular formula is C14H12I. The molecule has 0 spiro atoms. The monoisotopic (exact) mass is 307 g/mol. The summed E-state index contributed by atoms with van der Waals surface area (Å²) < 4.78 is 1.18.